The molecule has 1 aromatic rings. The number of nitrogens with one attached hydrogen (secondary N) is 1. The summed E-state index contributed by atoms with van der Waals surface area (Å²) in [6.07, 6.45) is 1.39. The summed E-state index contributed by atoms with van der Waals surface area (Å²) in [5.41, 5.74) is 6.96. The molecular weight excluding hydrogens is 286 g/mol. The second-order valence-corrected chi connectivity index (χ2v) is 6.25. The average Bonchev–Trinajstić information content (AvgIpc) is 2.44. The first-order valence-electron chi connectivity index (χ1n) is 6.98. The van der Waals surface area contributed by atoms with Crippen LogP contribution in [-0.2, 0) is 4.79 Å². The van der Waals surface area contributed by atoms with Gasteiger partial charge in [0.2, 0.25) is 5.91 Å². The number of rotatable bonds is 9. The van der Waals surface area contributed by atoms with Crippen molar-refractivity contribution in [2.45, 2.75) is 12.8 Å². The van der Waals surface area contributed by atoms with Gasteiger partial charge in [-0.05, 0) is 38.4 Å². The van der Waals surface area contributed by atoms with E-state index in [1.807, 2.05) is 11.8 Å². The second-order valence-electron chi connectivity index (χ2n) is 5.03. The highest BCUT2D eigenvalue weighted by molar-refractivity contribution is 7.99. The molecule has 0 saturated carbocycles. The van der Waals surface area contributed by atoms with Crippen LogP contribution in [0.4, 0.5) is 11.4 Å². The van der Waals surface area contributed by atoms with E-state index in [0.717, 1.165) is 24.5 Å². The van der Waals surface area contributed by atoms with E-state index in [0.29, 0.717) is 23.5 Å². The Kier molecular flexibility index (Phi) is 8.00. The monoisotopic (exact) mass is 311 g/mol. The molecule has 0 radical (unpaired) electrons. The van der Waals surface area contributed by atoms with Gasteiger partial charge in [-0.3, -0.25) is 4.79 Å². The Bertz CT molecular complexity index is 453. The Balaban J connectivity index is 2.28. The second kappa shape index (κ2) is 9.52. The number of nitrogens with two attached hydrogens (primary N) is 1. The number of nitrogen functional groups attached to an aromatic ring is 1. The van der Waals surface area contributed by atoms with Crippen molar-refractivity contribution in [1.82, 2.24) is 4.90 Å². The van der Waals surface area contributed by atoms with Gasteiger partial charge < -0.3 is 20.7 Å². The smallest absolute Gasteiger partial charge is 0.224 e. The molecule has 0 aliphatic rings. The average molecular weight is 311 g/mol. The highest BCUT2D eigenvalue weighted by atomic mass is 32.2. The summed E-state index contributed by atoms with van der Waals surface area (Å²) in [5, 5.41) is 2.86. The van der Waals surface area contributed by atoms with Gasteiger partial charge in [0.25, 0.3) is 0 Å². The van der Waals surface area contributed by atoms with E-state index in [2.05, 4.69) is 24.3 Å². The Hall–Kier alpha value is -1.40. The summed E-state index contributed by atoms with van der Waals surface area (Å²) in [7, 11) is 5.69. The molecule has 0 atom stereocenters. The maximum atomic E-state index is 11.9. The molecule has 0 spiro atoms. The minimum atomic E-state index is 0.00582. The largest absolute Gasteiger partial charge is 0.494 e. The van der Waals surface area contributed by atoms with Crippen LogP contribution in [0.15, 0.2) is 18.2 Å². The number of nitrogens with zero attached hydrogens (tertiary/aromatic N) is 1. The van der Waals surface area contributed by atoms with Gasteiger partial charge in [-0.25, -0.2) is 0 Å². The normalized spacial score (nSPS) is 10.7. The number of thioether (sulfide) groups is 1. The van der Waals surface area contributed by atoms with Gasteiger partial charge >= 0.3 is 0 Å². The number of amides is 1. The molecule has 0 unspecified atom stereocenters. The fraction of sp³-hybridized carbons (Fsp3) is 0.533. The molecule has 0 heterocycles. The van der Waals surface area contributed by atoms with Crippen LogP contribution in [0.3, 0.4) is 0 Å². The van der Waals surface area contributed by atoms with E-state index in [1.54, 1.807) is 25.3 Å². The van der Waals surface area contributed by atoms with Crippen LogP contribution in [0.2, 0.25) is 0 Å². The van der Waals surface area contributed by atoms with Gasteiger partial charge in [-0.1, -0.05) is 0 Å². The van der Waals surface area contributed by atoms with Crippen LogP contribution < -0.4 is 15.8 Å². The summed E-state index contributed by atoms with van der Waals surface area (Å²) < 4.78 is 5.20. The van der Waals surface area contributed by atoms with E-state index >= 15 is 0 Å². The number of hydrogen-bond acceptors (Lipinski definition) is 5. The minimum absolute atomic E-state index is 0.00582. The number of benzene rings is 1. The highest BCUT2D eigenvalue weighted by Gasteiger charge is 2.07. The first-order valence-corrected chi connectivity index (χ1v) is 8.14. The molecule has 0 aromatic heterocycles. The lowest BCUT2D eigenvalue weighted by molar-refractivity contribution is -0.116. The molecule has 6 heteroatoms. The molecule has 1 rings (SSSR count). The van der Waals surface area contributed by atoms with Crippen LogP contribution in [0.25, 0.3) is 0 Å². The third-order valence-electron chi connectivity index (χ3n) is 2.88. The molecule has 1 amide bonds. The molecule has 5 nitrogen and oxygen atoms in total. The van der Waals surface area contributed by atoms with Crippen LogP contribution in [0.1, 0.15) is 12.8 Å². The van der Waals surface area contributed by atoms with Crippen molar-refractivity contribution in [3.63, 3.8) is 0 Å². The lowest BCUT2D eigenvalue weighted by Crippen LogP contribution is -2.15. The number of ether oxygens (including phenoxy) is 1. The molecule has 1 aromatic carbocycles. The third-order valence-corrected chi connectivity index (χ3v) is 3.92. The summed E-state index contributed by atoms with van der Waals surface area (Å²) in [5.74, 6) is 2.69. The van der Waals surface area contributed by atoms with Crippen molar-refractivity contribution in [2.75, 3.05) is 50.3 Å². The van der Waals surface area contributed by atoms with Crippen molar-refractivity contribution < 1.29 is 9.53 Å². The van der Waals surface area contributed by atoms with Crippen molar-refractivity contribution in [1.29, 1.82) is 0 Å². The van der Waals surface area contributed by atoms with Gasteiger partial charge in [-0.15, -0.1) is 0 Å². The predicted molar refractivity (Wildman–Crippen MR) is 91.1 cm³/mol. The Morgan fingerprint density at radius 3 is 2.81 bits per heavy atom. The molecule has 0 aliphatic heterocycles. The topological polar surface area (TPSA) is 67.6 Å². The first-order chi connectivity index (χ1) is 10.0. The summed E-state index contributed by atoms with van der Waals surface area (Å²) in [6, 6.07) is 5.21. The molecule has 118 valence electrons. The Morgan fingerprint density at radius 1 is 1.38 bits per heavy atom. The number of carbonyl (C=O) groups is 1. The van der Waals surface area contributed by atoms with Gasteiger partial charge in [0.1, 0.15) is 5.75 Å². The fourth-order valence-electron chi connectivity index (χ4n) is 1.71. The van der Waals surface area contributed by atoms with Gasteiger partial charge in [0, 0.05) is 30.5 Å². The SMILES string of the molecule is COc1cc(N)ccc1NC(=O)CCCSCCN(C)C. The number of carbonyl (C=O) groups excluding carboxylic acids is 1. The van der Waals surface area contributed by atoms with Crippen LogP contribution >= 0.6 is 11.8 Å². The number of methoxy groups -OCH3 is 1. The van der Waals surface area contributed by atoms with Crippen molar-refractivity contribution in [3.8, 4) is 5.75 Å². The van der Waals surface area contributed by atoms with E-state index in [1.165, 1.54) is 0 Å². The standard InChI is InChI=1S/C15H25N3O2S/c1-18(2)8-10-21-9-4-5-15(19)17-13-7-6-12(16)11-14(13)20-3/h6-7,11H,4-5,8-10,16H2,1-3H3,(H,17,19). The minimum Gasteiger partial charge on any atom is -0.494 e. The van der Waals surface area contributed by atoms with Crippen molar-refractivity contribution in [2.24, 2.45) is 0 Å². The van der Waals surface area contributed by atoms with Gasteiger partial charge in [0.05, 0.1) is 12.8 Å². The van der Waals surface area contributed by atoms with E-state index in [4.69, 9.17) is 10.5 Å². The fourth-order valence-corrected chi connectivity index (χ4v) is 2.75. The lowest BCUT2D eigenvalue weighted by Gasteiger charge is -2.11. The highest BCUT2D eigenvalue weighted by Crippen LogP contribution is 2.26. The maximum Gasteiger partial charge on any atom is 0.224 e. The summed E-state index contributed by atoms with van der Waals surface area (Å²) in [4.78, 5) is 14.1. The van der Waals surface area contributed by atoms with Gasteiger partial charge in [-0.2, -0.15) is 11.8 Å². The summed E-state index contributed by atoms with van der Waals surface area (Å²) in [6.45, 7) is 1.07. The molecule has 0 aliphatic carbocycles. The molecule has 3 N–H and O–H groups in total. The van der Waals surface area contributed by atoms with E-state index in [-0.39, 0.29) is 5.91 Å². The quantitative estimate of drug-likeness (QED) is 0.541. The molecule has 0 fully saturated rings. The predicted octanol–water partition coefficient (Wildman–Crippen LogP) is 2.29. The van der Waals surface area contributed by atoms with Crippen LogP contribution in [0.5, 0.6) is 5.75 Å². The van der Waals surface area contributed by atoms with Crippen LogP contribution in [-0.4, -0.2) is 50.1 Å². The molecule has 0 bridgehead atoms. The first kappa shape index (κ1) is 17.7. The molecule has 21 heavy (non-hydrogen) atoms. The van der Waals surface area contributed by atoms with Crippen molar-refractivity contribution >= 4 is 29.0 Å². The van der Waals surface area contributed by atoms with Gasteiger partial charge in [0.15, 0.2) is 0 Å². The Labute approximate surface area is 131 Å². The van der Waals surface area contributed by atoms with E-state index < -0.39 is 0 Å². The van der Waals surface area contributed by atoms with E-state index in [9.17, 15) is 4.79 Å². The maximum absolute atomic E-state index is 11.9. The third kappa shape index (κ3) is 7.24. The van der Waals surface area contributed by atoms with Crippen molar-refractivity contribution in [3.05, 3.63) is 18.2 Å². The number of anilines is 2. The zero-order valence-corrected chi connectivity index (χ0v) is 13.8. The summed E-state index contributed by atoms with van der Waals surface area (Å²) >= 11 is 1.88. The van der Waals surface area contributed by atoms with Crippen LogP contribution in [0, 0.1) is 0 Å². The molecular formula is C15H25N3O2S. The lowest BCUT2D eigenvalue weighted by atomic mass is 10.2. The zero-order chi connectivity index (χ0) is 15.7. The Morgan fingerprint density at radius 2 is 2.14 bits per heavy atom. The zero-order valence-electron chi connectivity index (χ0n) is 13.0. The number of hydrogen-bond donors (Lipinski definition) is 2. The molecule has 0 saturated heterocycles.